The van der Waals surface area contributed by atoms with Gasteiger partial charge < -0.3 is 19.8 Å². The second-order valence-electron chi connectivity index (χ2n) is 9.74. The van der Waals surface area contributed by atoms with Gasteiger partial charge in [-0.05, 0) is 24.8 Å². The number of nitrogens with zero attached hydrogens (tertiary/aromatic N) is 5. The maximum absolute atomic E-state index is 13.3. The van der Waals surface area contributed by atoms with E-state index >= 15 is 0 Å². The van der Waals surface area contributed by atoms with Crippen LogP contribution < -0.4 is 4.90 Å². The summed E-state index contributed by atoms with van der Waals surface area (Å²) < 4.78 is 73.5. The molecule has 3 aliphatic heterocycles. The topological polar surface area (TPSA) is 119 Å². The number of morpholine rings is 1. The molecular weight excluding hydrogens is 535 g/mol. The summed E-state index contributed by atoms with van der Waals surface area (Å²) in [5.74, 6) is 0.140. The summed E-state index contributed by atoms with van der Waals surface area (Å²) in [4.78, 5) is 12.2. The zero-order valence-electron chi connectivity index (χ0n) is 20.0. The molecule has 0 aliphatic carbocycles. The van der Waals surface area contributed by atoms with Gasteiger partial charge in [0.15, 0.2) is 5.60 Å². The maximum atomic E-state index is 13.3. The number of hydrogen-bond acceptors (Lipinski definition) is 10. The monoisotopic (exact) mass is 563 g/mol. The summed E-state index contributed by atoms with van der Waals surface area (Å²) in [5, 5.41) is 22.1. The number of thiophene rings is 1. The van der Waals surface area contributed by atoms with Crippen molar-refractivity contribution in [2.24, 2.45) is 0 Å². The number of rotatable bonds is 6. The average molecular weight is 564 g/mol. The van der Waals surface area contributed by atoms with Crippen LogP contribution in [-0.4, -0.2) is 108 Å². The van der Waals surface area contributed by atoms with E-state index in [1.165, 1.54) is 4.31 Å². The van der Waals surface area contributed by atoms with Crippen LogP contribution in [0.5, 0.6) is 0 Å². The second-order valence-corrected chi connectivity index (χ2v) is 12.9. The first kappa shape index (κ1) is 26.7. The van der Waals surface area contributed by atoms with Crippen LogP contribution in [-0.2, 0) is 20.4 Å². The number of piperazine rings is 1. The second kappa shape index (κ2) is 9.70. The summed E-state index contributed by atoms with van der Waals surface area (Å²) in [6, 6.07) is 2.53. The van der Waals surface area contributed by atoms with E-state index in [-0.39, 0.29) is 41.9 Å². The predicted octanol–water partition coefficient (Wildman–Crippen LogP) is 1.02. The van der Waals surface area contributed by atoms with Crippen LogP contribution in [0.15, 0.2) is 34.1 Å². The molecule has 2 aromatic heterocycles. The standard InChI is InChI=1S/C22H28F3N5O5S2/c1-21(32,22(23,24)25)14-8-26-20(27-9-14)29-5-4-28(37(33,34)19-3-2-6-36-19)10-16(29)11-30-15-7-18(31)17(30)13-35-12-15/h2-3,6,8-9,15-18,31-32H,4-5,7,10-13H2,1H3/t15-,16+,17-,18-,21-/m0/s1. The summed E-state index contributed by atoms with van der Waals surface area (Å²) in [5.41, 5.74) is -3.60. The minimum atomic E-state index is -4.90. The molecule has 204 valence electrons. The minimum absolute atomic E-state index is 0.0231. The fraction of sp³-hybridized carbons (Fsp3) is 0.636. The average Bonchev–Trinajstić information content (AvgIpc) is 3.44. The van der Waals surface area contributed by atoms with Gasteiger partial charge in [0.1, 0.15) is 4.21 Å². The van der Waals surface area contributed by atoms with Gasteiger partial charge in [0, 0.05) is 50.2 Å². The van der Waals surface area contributed by atoms with Crippen molar-refractivity contribution >= 4 is 27.3 Å². The molecule has 2 N–H and O–H groups in total. The molecule has 3 fully saturated rings. The van der Waals surface area contributed by atoms with Crippen molar-refractivity contribution in [1.82, 2.24) is 19.2 Å². The molecule has 5 atom stereocenters. The molecule has 0 amide bonds. The molecule has 0 saturated carbocycles. The highest BCUT2D eigenvalue weighted by atomic mass is 32.2. The lowest BCUT2D eigenvalue weighted by Crippen LogP contribution is -2.61. The van der Waals surface area contributed by atoms with Crippen LogP contribution in [0.2, 0.25) is 0 Å². The zero-order chi connectivity index (χ0) is 26.6. The molecule has 2 aromatic rings. The van der Waals surface area contributed by atoms with Gasteiger partial charge in [-0.1, -0.05) is 6.07 Å². The van der Waals surface area contributed by atoms with Crippen LogP contribution in [0.3, 0.4) is 0 Å². The van der Waals surface area contributed by atoms with E-state index in [0.29, 0.717) is 33.1 Å². The molecule has 5 rings (SSSR count). The molecule has 15 heteroatoms. The summed E-state index contributed by atoms with van der Waals surface area (Å²) >= 11 is 1.13. The molecule has 3 saturated heterocycles. The van der Waals surface area contributed by atoms with E-state index in [1.54, 1.807) is 22.4 Å². The fourth-order valence-electron chi connectivity index (χ4n) is 5.17. The smallest absolute Gasteiger partial charge is 0.391 e. The minimum Gasteiger partial charge on any atom is -0.391 e. The van der Waals surface area contributed by atoms with Gasteiger partial charge in [-0.25, -0.2) is 18.4 Å². The van der Waals surface area contributed by atoms with E-state index in [9.17, 15) is 31.8 Å². The number of fused-ring (bicyclic) bond motifs is 2. The van der Waals surface area contributed by atoms with Crippen LogP contribution in [0.1, 0.15) is 18.9 Å². The van der Waals surface area contributed by atoms with E-state index in [2.05, 4.69) is 14.9 Å². The molecule has 5 heterocycles. The Labute approximate surface area is 216 Å². The third kappa shape index (κ3) is 4.86. The lowest BCUT2D eigenvalue weighted by molar-refractivity contribution is -0.259. The van der Waals surface area contributed by atoms with Crippen molar-refractivity contribution in [1.29, 1.82) is 0 Å². The number of halogens is 3. The lowest BCUT2D eigenvalue weighted by Gasteiger charge is -2.45. The van der Waals surface area contributed by atoms with Gasteiger partial charge in [-0.2, -0.15) is 17.5 Å². The Kier molecular flexibility index (Phi) is 7.00. The van der Waals surface area contributed by atoms with Gasteiger partial charge >= 0.3 is 6.18 Å². The Hall–Kier alpha value is -1.88. The first-order valence-corrected chi connectivity index (χ1v) is 14.1. The summed E-state index contributed by atoms with van der Waals surface area (Å²) in [7, 11) is -3.73. The van der Waals surface area contributed by atoms with Crippen molar-refractivity contribution in [2.75, 3.05) is 44.3 Å². The van der Waals surface area contributed by atoms with Crippen LogP contribution in [0.25, 0.3) is 0 Å². The summed E-state index contributed by atoms with van der Waals surface area (Å²) in [6.07, 6.45) is -3.02. The lowest BCUT2D eigenvalue weighted by atomic mass is 9.99. The van der Waals surface area contributed by atoms with Crippen molar-refractivity contribution in [2.45, 2.75) is 53.6 Å². The maximum Gasteiger partial charge on any atom is 0.421 e. The van der Waals surface area contributed by atoms with Crippen LogP contribution >= 0.6 is 11.3 Å². The van der Waals surface area contributed by atoms with Crippen molar-refractivity contribution in [3.63, 3.8) is 0 Å². The first-order valence-electron chi connectivity index (χ1n) is 11.8. The SMILES string of the molecule is C[C@](O)(c1cnc(N2CCN(S(=O)(=O)c3cccs3)C[C@@H]2CN2[C@@H]3COC[C@H]2[C@@H](O)C3)nc1)C(F)(F)F. The van der Waals surface area contributed by atoms with Gasteiger partial charge in [0.05, 0.1) is 31.4 Å². The van der Waals surface area contributed by atoms with Crippen LogP contribution in [0, 0.1) is 0 Å². The molecule has 37 heavy (non-hydrogen) atoms. The zero-order valence-corrected chi connectivity index (χ0v) is 21.6. The Morgan fingerprint density at radius 2 is 1.95 bits per heavy atom. The van der Waals surface area contributed by atoms with E-state index in [1.807, 2.05) is 0 Å². The Bertz CT molecular complexity index is 1200. The van der Waals surface area contributed by atoms with Gasteiger partial charge in [0.2, 0.25) is 5.95 Å². The molecule has 0 radical (unpaired) electrons. The van der Waals surface area contributed by atoms with E-state index in [4.69, 9.17) is 4.74 Å². The molecule has 0 unspecified atom stereocenters. The Balaban J connectivity index is 1.43. The van der Waals surface area contributed by atoms with Gasteiger partial charge in [0.25, 0.3) is 10.0 Å². The normalized spacial score (nSPS) is 29.4. The number of aliphatic hydroxyl groups excluding tert-OH is 1. The van der Waals surface area contributed by atoms with Gasteiger partial charge in [-0.3, -0.25) is 4.90 Å². The number of ether oxygens (including phenoxy) is 1. The first-order chi connectivity index (χ1) is 17.4. The number of alkyl halides is 3. The number of anilines is 1. The highest BCUT2D eigenvalue weighted by molar-refractivity contribution is 7.91. The highest BCUT2D eigenvalue weighted by Gasteiger charge is 2.52. The Morgan fingerprint density at radius 3 is 2.57 bits per heavy atom. The van der Waals surface area contributed by atoms with Crippen molar-refractivity contribution < 1.29 is 36.5 Å². The van der Waals surface area contributed by atoms with Crippen molar-refractivity contribution in [3.8, 4) is 0 Å². The third-order valence-corrected chi connectivity index (χ3v) is 10.7. The molecule has 10 nitrogen and oxygen atoms in total. The summed E-state index contributed by atoms with van der Waals surface area (Å²) in [6.45, 7) is 2.31. The molecule has 3 aliphatic rings. The van der Waals surface area contributed by atoms with Crippen molar-refractivity contribution in [3.05, 3.63) is 35.5 Å². The molecule has 0 spiro atoms. The Morgan fingerprint density at radius 1 is 1.22 bits per heavy atom. The number of sulfonamides is 1. The fourth-order valence-corrected chi connectivity index (χ4v) is 7.79. The third-order valence-electron chi connectivity index (χ3n) is 7.42. The molecular formula is C22H28F3N5O5S2. The largest absolute Gasteiger partial charge is 0.421 e. The van der Waals surface area contributed by atoms with Gasteiger partial charge in [-0.15, -0.1) is 11.3 Å². The quantitative estimate of drug-likeness (QED) is 0.531. The van der Waals surface area contributed by atoms with E-state index in [0.717, 1.165) is 23.7 Å². The van der Waals surface area contributed by atoms with E-state index < -0.39 is 39.5 Å². The van der Waals surface area contributed by atoms with Crippen LogP contribution in [0.4, 0.5) is 19.1 Å². The number of aliphatic hydroxyl groups is 2. The predicted molar refractivity (Wildman–Crippen MR) is 128 cm³/mol. The highest BCUT2D eigenvalue weighted by Crippen LogP contribution is 2.38. The molecule has 0 aromatic carbocycles. The number of hydrogen-bond donors (Lipinski definition) is 2. The number of aromatic nitrogens is 2. The molecule has 2 bridgehead atoms.